The highest BCUT2D eigenvalue weighted by atomic mass is 19.1. The van der Waals surface area contributed by atoms with Crippen molar-refractivity contribution in [2.75, 3.05) is 13.7 Å². The number of rotatable bonds is 3. The SMILES string of the molecule is COC(=O)c1cc(CC2CCCN2)c(F)cc1C. The van der Waals surface area contributed by atoms with E-state index in [0.29, 0.717) is 29.2 Å². The molecular formula is C14H18FNO2. The van der Waals surface area contributed by atoms with Crippen LogP contribution in [0.25, 0.3) is 0 Å². The number of methoxy groups -OCH3 is 1. The van der Waals surface area contributed by atoms with Gasteiger partial charge >= 0.3 is 5.97 Å². The van der Waals surface area contributed by atoms with Gasteiger partial charge in [0.25, 0.3) is 0 Å². The summed E-state index contributed by atoms with van der Waals surface area (Å²) in [5, 5.41) is 3.33. The second-order valence-electron chi connectivity index (χ2n) is 4.75. The molecular weight excluding hydrogens is 233 g/mol. The molecule has 1 aromatic carbocycles. The molecule has 0 bridgehead atoms. The molecule has 0 aromatic heterocycles. The zero-order chi connectivity index (χ0) is 13.1. The van der Waals surface area contributed by atoms with Gasteiger partial charge in [0, 0.05) is 6.04 Å². The third-order valence-electron chi connectivity index (χ3n) is 3.43. The first-order chi connectivity index (χ1) is 8.61. The molecule has 1 fully saturated rings. The quantitative estimate of drug-likeness (QED) is 0.837. The van der Waals surface area contributed by atoms with Gasteiger partial charge in [0.15, 0.2) is 0 Å². The molecule has 0 amide bonds. The van der Waals surface area contributed by atoms with Gasteiger partial charge in [0.1, 0.15) is 5.82 Å². The summed E-state index contributed by atoms with van der Waals surface area (Å²) in [5.41, 5.74) is 1.65. The minimum Gasteiger partial charge on any atom is -0.465 e. The Morgan fingerprint density at radius 2 is 2.33 bits per heavy atom. The van der Waals surface area contributed by atoms with Crippen molar-refractivity contribution >= 4 is 5.97 Å². The molecule has 2 rings (SSSR count). The summed E-state index contributed by atoms with van der Waals surface area (Å²) in [7, 11) is 1.34. The molecule has 98 valence electrons. The lowest BCUT2D eigenvalue weighted by molar-refractivity contribution is 0.0599. The maximum atomic E-state index is 13.9. The molecule has 1 N–H and O–H groups in total. The smallest absolute Gasteiger partial charge is 0.338 e. The van der Waals surface area contributed by atoms with E-state index in [4.69, 9.17) is 4.74 Å². The number of ether oxygens (including phenoxy) is 1. The van der Waals surface area contributed by atoms with Crippen LogP contribution in [-0.4, -0.2) is 25.7 Å². The molecule has 3 nitrogen and oxygen atoms in total. The van der Waals surface area contributed by atoms with Crippen LogP contribution >= 0.6 is 0 Å². The van der Waals surface area contributed by atoms with E-state index in [0.717, 1.165) is 19.4 Å². The van der Waals surface area contributed by atoms with E-state index < -0.39 is 5.97 Å². The average Bonchev–Trinajstić information content (AvgIpc) is 2.84. The van der Waals surface area contributed by atoms with E-state index in [-0.39, 0.29) is 5.82 Å². The highest BCUT2D eigenvalue weighted by molar-refractivity contribution is 5.91. The van der Waals surface area contributed by atoms with Crippen molar-refractivity contribution in [1.29, 1.82) is 0 Å². The van der Waals surface area contributed by atoms with Crippen LogP contribution in [0.4, 0.5) is 4.39 Å². The van der Waals surface area contributed by atoms with E-state index >= 15 is 0 Å². The van der Waals surface area contributed by atoms with E-state index in [1.54, 1.807) is 13.0 Å². The van der Waals surface area contributed by atoms with Crippen LogP contribution in [0, 0.1) is 12.7 Å². The summed E-state index contributed by atoms with van der Waals surface area (Å²) in [6.07, 6.45) is 2.80. The van der Waals surface area contributed by atoms with Crippen LogP contribution in [0.1, 0.15) is 34.3 Å². The third-order valence-corrected chi connectivity index (χ3v) is 3.43. The predicted octanol–water partition coefficient (Wildman–Crippen LogP) is 2.22. The van der Waals surface area contributed by atoms with Gasteiger partial charge in [-0.3, -0.25) is 0 Å². The second kappa shape index (κ2) is 5.48. The molecule has 0 saturated carbocycles. The van der Waals surface area contributed by atoms with Gasteiger partial charge in [-0.05, 0) is 56.0 Å². The highest BCUT2D eigenvalue weighted by Gasteiger charge is 2.19. The zero-order valence-electron chi connectivity index (χ0n) is 10.8. The molecule has 1 aromatic rings. The summed E-state index contributed by atoms with van der Waals surface area (Å²) >= 11 is 0. The number of benzene rings is 1. The number of hydrogen-bond donors (Lipinski definition) is 1. The lowest BCUT2D eigenvalue weighted by atomic mass is 9.99. The number of aryl methyl sites for hydroxylation is 1. The Hall–Kier alpha value is -1.42. The summed E-state index contributed by atoms with van der Waals surface area (Å²) in [6, 6.07) is 3.35. The van der Waals surface area contributed by atoms with Crippen molar-refractivity contribution in [3.63, 3.8) is 0 Å². The summed E-state index contributed by atoms with van der Waals surface area (Å²) in [5.74, 6) is -0.651. The zero-order valence-corrected chi connectivity index (χ0v) is 10.8. The lowest BCUT2D eigenvalue weighted by Gasteiger charge is -2.13. The standard InChI is InChI=1S/C14H18FNO2/c1-9-6-13(15)10(7-11-4-3-5-16-11)8-12(9)14(17)18-2/h6,8,11,16H,3-5,7H2,1-2H3. The van der Waals surface area contributed by atoms with Crippen LogP contribution in [0.3, 0.4) is 0 Å². The Labute approximate surface area is 106 Å². The van der Waals surface area contributed by atoms with E-state index in [1.807, 2.05) is 0 Å². The first kappa shape index (κ1) is 13.0. The van der Waals surface area contributed by atoms with Gasteiger partial charge in [-0.2, -0.15) is 0 Å². The molecule has 1 aliphatic heterocycles. The van der Waals surface area contributed by atoms with E-state index in [9.17, 15) is 9.18 Å². The Kier molecular flexibility index (Phi) is 3.97. The number of hydrogen-bond acceptors (Lipinski definition) is 3. The van der Waals surface area contributed by atoms with Crippen molar-refractivity contribution in [1.82, 2.24) is 5.32 Å². The number of halogens is 1. The van der Waals surface area contributed by atoms with Crippen molar-refractivity contribution < 1.29 is 13.9 Å². The molecule has 0 radical (unpaired) electrons. The van der Waals surface area contributed by atoms with Crippen LogP contribution in [0.5, 0.6) is 0 Å². The van der Waals surface area contributed by atoms with Gasteiger partial charge in [-0.25, -0.2) is 9.18 Å². The highest BCUT2D eigenvalue weighted by Crippen LogP contribution is 2.20. The molecule has 4 heteroatoms. The molecule has 1 aliphatic rings. The van der Waals surface area contributed by atoms with Gasteiger partial charge in [0.2, 0.25) is 0 Å². The number of esters is 1. The van der Waals surface area contributed by atoms with Crippen molar-refractivity contribution in [3.05, 3.63) is 34.6 Å². The molecule has 1 unspecified atom stereocenters. The van der Waals surface area contributed by atoms with Crippen molar-refractivity contribution in [3.8, 4) is 0 Å². The van der Waals surface area contributed by atoms with Gasteiger partial charge < -0.3 is 10.1 Å². The van der Waals surface area contributed by atoms with E-state index in [2.05, 4.69) is 5.32 Å². The second-order valence-corrected chi connectivity index (χ2v) is 4.75. The summed E-state index contributed by atoms with van der Waals surface area (Å²) in [4.78, 5) is 11.6. The van der Waals surface area contributed by atoms with Gasteiger partial charge in [-0.15, -0.1) is 0 Å². The molecule has 0 spiro atoms. The third kappa shape index (κ3) is 2.70. The topological polar surface area (TPSA) is 38.3 Å². The number of carbonyl (C=O) groups excluding carboxylic acids is 1. The van der Waals surface area contributed by atoms with Gasteiger partial charge in [0.05, 0.1) is 12.7 Å². The minimum absolute atomic E-state index is 0.242. The van der Waals surface area contributed by atoms with Crippen LogP contribution in [0.15, 0.2) is 12.1 Å². The first-order valence-corrected chi connectivity index (χ1v) is 6.22. The van der Waals surface area contributed by atoms with Crippen LogP contribution < -0.4 is 5.32 Å². The Morgan fingerprint density at radius 3 is 2.94 bits per heavy atom. The normalized spacial score (nSPS) is 18.9. The fourth-order valence-corrected chi connectivity index (χ4v) is 2.40. The molecule has 1 saturated heterocycles. The van der Waals surface area contributed by atoms with Crippen LogP contribution in [0.2, 0.25) is 0 Å². The first-order valence-electron chi connectivity index (χ1n) is 6.22. The Bertz CT molecular complexity index is 453. The van der Waals surface area contributed by atoms with Crippen molar-refractivity contribution in [2.24, 2.45) is 0 Å². The minimum atomic E-state index is -0.409. The fraction of sp³-hybridized carbons (Fsp3) is 0.500. The number of nitrogens with one attached hydrogen (secondary N) is 1. The van der Waals surface area contributed by atoms with Gasteiger partial charge in [-0.1, -0.05) is 0 Å². The average molecular weight is 251 g/mol. The molecule has 0 aliphatic carbocycles. The molecule has 1 atom stereocenters. The largest absolute Gasteiger partial charge is 0.465 e. The Morgan fingerprint density at radius 1 is 1.56 bits per heavy atom. The number of carbonyl (C=O) groups is 1. The monoisotopic (exact) mass is 251 g/mol. The van der Waals surface area contributed by atoms with Crippen LogP contribution in [-0.2, 0) is 11.2 Å². The maximum absolute atomic E-state index is 13.9. The summed E-state index contributed by atoms with van der Waals surface area (Å²) in [6.45, 7) is 2.70. The molecule has 1 heterocycles. The van der Waals surface area contributed by atoms with E-state index in [1.165, 1.54) is 13.2 Å². The Balaban J connectivity index is 2.25. The lowest BCUT2D eigenvalue weighted by Crippen LogP contribution is -2.24. The fourth-order valence-electron chi connectivity index (χ4n) is 2.40. The predicted molar refractivity (Wildman–Crippen MR) is 67.2 cm³/mol. The summed E-state index contributed by atoms with van der Waals surface area (Å²) < 4.78 is 18.6. The maximum Gasteiger partial charge on any atom is 0.338 e. The molecule has 18 heavy (non-hydrogen) atoms. The van der Waals surface area contributed by atoms with Crippen molar-refractivity contribution in [2.45, 2.75) is 32.2 Å².